The standard InChI is InChI=1S/C22H25ClN2O4S/c1-14(26)29-19-20(15-8-10-16(28-4)11-9-15)30-21-17(23)6-5-7-18(21)25(22(19)27)13-12-24(2)3/h5-11,19-20H,12-13H2,1-4H3/t19-,20+/m0/s1. The van der Waals surface area contributed by atoms with Gasteiger partial charge in [-0.1, -0.05) is 29.8 Å². The average molecular weight is 449 g/mol. The van der Waals surface area contributed by atoms with E-state index in [9.17, 15) is 9.59 Å². The van der Waals surface area contributed by atoms with E-state index in [1.807, 2.05) is 55.4 Å². The summed E-state index contributed by atoms with van der Waals surface area (Å²) >= 11 is 7.98. The number of halogens is 1. The maximum absolute atomic E-state index is 13.6. The SMILES string of the molecule is COc1ccc([C@H]2Sc3c(Cl)cccc3N(CCN(C)C)C(=O)[C@H]2OC(C)=O)cc1. The van der Waals surface area contributed by atoms with E-state index < -0.39 is 17.3 Å². The first-order valence-electron chi connectivity index (χ1n) is 9.54. The van der Waals surface area contributed by atoms with Gasteiger partial charge in [-0.05, 0) is 43.9 Å². The number of likely N-dealkylation sites (N-methyl/N-ethyl adjacent to an activating group) is 1. The number of amides is 1. The van der Waals surface area contributed by atoms with Gasteiger partial charge in [-0.15, -0.1) is 11.8 Å². The van der Waals surface area contributed by atoms with E-state index in [1.54, 1.807) is 18.1 Å². The molecule has 2 aromatic rings. The third kappa shape index (κ3) is 4.91. The Morgan fingerprint density at radius 3 is 2.50 bits per heavy atom. The van der Waals surface area contributed by atoms with Crippen molar-refractivity contribution < 1.29 is 19.1 Å². The maximum atomic E-state index is 13.6. The molecule has 0 saturated carbocycles. The lowest BCUT2D eigenvalue weighted by atomic mass is 10.1. The van der Waals surface area contributed by atoms with E-state index in [4.69, 9.17) is 21.1 Å². The highest BCUT2D eigenvalue weighted by atomic mass is 35.5. The van der Waals surface area contributed by atoms with Crippen molar-refractivity contribution in [1.82, 2.24) is 4.90 Å². The number of carbonyl (C=O) groups is 2. The number of nitrogens with zero attached hydrogens (tertiary/aromatic N) is 2. The largest absolute Gasteiger partial charge is 0.497 e. The zero-order chi connectivity index (χ0) is 21.8. The van der Waals surface area contributed by atoms with Gasteiger partial charge in [-0.3, -0.25) is 9.59 Å². The molecule has 1 heterocycles. The number of thioether (sulfide) groups is 1. The van der Waals surface area contributed by atoms with Crippen molar-refractivity contribution in [3.05, 3.63) is 53.1 Å². The summed E-state index contributed by atoms with van der Waals surface area (Å²) in [6.07, 6.45) is -0.980. The molecule has 0 fully saturated rings. The smallest absolute Gasteiger partial charge is 0.303 e. The van der Waals surface area contributed by atoms with Crippen molar-refractivity contribution >= 4 is 40.9 Å². The lowest BCUT2D eigenvalue weighted by Gasteiger charge is -2.28. The fraction of sp³-hybridized carbons (Fsp3) is 0.364. The molecule has 1 amide bonds. The van der Waals surface area contributed by atoms with Gasteiger partial charge in [0.15, 0.2) is 6.10 Å². The van der Waals surface area contributed by atoms with Crippen LogP contribution in [0, 0.1) is 0 Å². The molecule has 8 heteroatoms. The van der Waals surface area contributed by atoms with Crippen LogP contribution >= 0.6 is 23.4 Å². The number of anilines is 1. The normalized spacial score (nSPS) is 18.7. The fourth-order valence-electron chi connectivity index (χ4n) is 3.28. The number of esters is 1. The topological polar surface area (TPSA) is 59.1 Å². The second-order valence-electron chi connectivity index (χ2n) is 7.22. The highest BCUT2D eigenvalue weighted by molar-refractivity contribution is 8.00. The highest BCUT2D eigenvalue weighted by Gasteiger charge is 2.41. The van der Waals surface area contributed by atoms with Gasteiger partial charge in [0.1, 0.15) is 5.75 Å². The minimum atomic E-state index is -0.980. The molecule has 2 aromatic carbocycles. The molecule has 0 bridgehead atoms. The minimum absolute atomic E-state index is 0.263. The van der Waals surface area contributed by atoms with E-state index in [1.165, 1.54) is 18.7 Å². The Morgan fingerprint density at radius 1 is 1.20 bits per heavy atom. The van der Waals surface area contributed by atoms with Crippen molar-refractivity contribution in [2.75, 3.05) is 39.2 Å². The second kappa shape index (κ2) is 9.73. The highest BCUT2D eigenvalue weighted by Crippen LogP contribution is 2.49. The molecular formula is C22H25ClN2O4S. The first kappa shape index (κ1) is 22.5. The van der Waals surface area contributed by atoms with Crippen LogP contribution in [-0.2, 0) is 14.3 Å². The molecule has 0 N–H and O–H groups in total. The number of methoxy groups -OCH3 is 1. The molecular weight excluding hydrogens is 424 g/mol. The predicted octanol–water partition coefficient (Wildman–Crippen LogP) is 4.02. The average Bonchev–Trinajstić information content (AvgIpc) is 2.82. The van der Waals surface area contributed by atoms with Gasteiger partial charge in [0.25, 0.3) is 5.91 Å². The number of ether oxygens (including phenoxy) is 2. The number of hydrogen-bond donors (Lipinski definition) is 0. The Morgan fingerprint density at radius 2 is 1.90 bits per heavy atom. The van der Waals surface area contributed by atoms with Crippen LogP contribution in [0.1, 0.15) is 17.7 Å². The number of hydrogen-bond acceptors (Lipinski definition) is 6. The van der Waals surface area contributed by atoms with E-state index in [2.05, 4.69) is 0 Å². The Kier molecular flexibility index (Phi) is 7.28. The van der Waals surface area contributed by atoms with E-state index in [0.29, 0.717) is 23.9 Å². The number of fused-ring (bicyclic) bond motifs is 1. The van der Waals surface area contributed by atoms with Crippen molar-refractivity contribution in [3.8, 4) is 5.75 Å². The molecule has 2 atom stereocenters. The number of carbonyl (C=O) groups excluding carboxylic acids is 2. The molecule has 0 radical (unpaired) electrons. The minimum Gasteiger partial charge on any atom is -0.497 e. The summed E-state index contributed by atoms with van der Waals surface area (Å²) in [4.78, 5) is 30.0. The van der Waals surface area contributed by atoms with E-state index >= 15 is 0 Å². The summed E-state index contributed by atoms with van der Waals surface area (Å²) in [5, 5.41) is 0.109. The third-order valence-corrected chi connectivity index (χ3v) is 6.64. The van der Waals surface area contributed by atoms with Crippen molar-refractivity contribution in [1.29, 1.82) is 0 Å². The van der Waals surface area contributed by atoms with Crippen LogP contribution in [0.3, 0.4) is 0 Å². The van der Waals surface area contributed by atoms with Gasteiger partial charge in [0.2, 0.25) is 0 Å². The first-order chi connectivity index (χ1) is 14.3. The van der Waals surface area contributed by atoms with Crippen molar-refractivity contribution in [3.63, 3.8) is 0 Å². The van der Waals surface area contributed by atoms with Crippen LogP contribution in [0.4, 0.5) is 5.69 Å². The Hall–Kier alpha value is -2.22. The monoisotopic (exact) mass is 448 g/mol. The van der Waals surface area contributed by atoms with Crippen LogP contribution in [0.2, 0.25) is 5.02 Å². The first-order valence-corrected chi connectivity index (χ1v) is 10.8. The summed E-state index contributed by atoms with van der Waals surface area (Å²) in [6, 6.07) is 12.9. The Labute approximate surface area is 186 Å². The van der Waals surface area contributed by atoms with Gasteiger partial charge in [-0.25, -0.2) is 0 Å². The van der Waals surface area contributed by atoms with Crippen molar-refractivity contribution in [2.24, 2.45) is 0 Å². The quantitative estimate of drug-likeness (QED) is 0.622. The van der Waals surface area contributed by atoms with Crippen LogP contribution in [-0.4, -0.2) is 57.2 Å². The van der Waals surface area contributed by atoms with Crippen LogP contribution in [0.25, 0.3) is 0 Å². The van der Waals surface area contributed by atoms with Gasteiger partial charge >= 0.3 is 5.97 Å². The Bertz CT molecular complexity index is 920. The molecule has 3 rings (SSSR count). The lowest BCUT2D eigenvalue weighted by Crippen LogP contribution is -2.45. The molecule has 0 aromatic heterocycles. The summed E-state index contributed by atoms with van der Waals surface area (Å²) in [5.74, 6) is -0.0581. The molecule has 1 aliphatic heterocycles. The molecule has 0 spiro atoms. The summed E-state index contributed by atoms with van der Waals surface area (Å²) in [6.45, 7) is 2.42. The Balaban J connectivity index is 2.11. The predicted molar refractivity (Wildman–Crippen MR) is 120 cm³/mol. The molecule has 0 aliphatic carbocycles. The molecule has 30 heavy (non-hydrogen) atoms. The summed E-state index contributed by atoms with van der Waals surface area (Å²) < 4.78 is 10.8. The lowest BCUT2D eigenvalue weighted by molar-refractivity contribution is -0.152. The van der Waals surface area contributed by atoms with Gasteiger partial charge in [0, 0.05) is 20.0 Å². The van der Waals surface area contributed by atoms with Gasteiger partial charge < -0.3 is 19.3 Å². The molecule has 160 valence electrons. The fourth-order valence-corrected chi connectivity index (χ4v) is 4.90. The van der Waals surface area contributed by atoms with Crippen LogP contribution < -0.4 is 9.64 Å². The van der Waals surface area contributed by atoms with Crippen LogP contribution in [0.15, 0.2) is 47.4 Å². The summed E-state index contributed by atoms with van der Waals surface area (Å²) in [7, 11) is 5.48. The number of rotatable bonds is 6. The van der Waals surface area contributed by atoms with Crippen LogP contribution in [0.5, 0.6) is 5.75 Å². The van der Waals surface area contributed by atoms with Gasteiger partial charge in [0.05, 0.1) is 28.0 Å². The zero-order valence-electron chi connectivity index (χ0n) is 17.4. The maximum Gasteiger partial charge on any atom is 0.303 e. The van der Waals surface area contributed by atoms with E-state index in [0.717, 1.165) is 16.1 Å². The zero-order valence-corrected chi connectivity index (χ0v) is 19.0. The molecule has 1 aliphatic rings. The molecule has 0 unspecified atom stereocenters. The van der Waals surface area contributed by atoms with E-state index in [-0.39, 0.29) is 5.91 Å². The molecule has 6 nitrogen and oxygen atoms in total. The van der Waals surface area contributed by atoms with Gasteiger partial charge in [-0.2, -0.15) is 0 Å². The molecule has 0 saturated heterocycles. The summed E-state index contributed by atoms with van der Waals surface area (Å²) in [5.41, 5.74) is 1.58. The third-order valence-electron chi connectivity index (χ3n) is 4.77. The van der Waals surface area contributed by atoms with Crippen molar-refractivity contribution in [2.45, 2.75) is 23.2 Å². The number of benzene rings is 2. The second-order valence-corrected chi connectivity index (χ2v) is 8.78.